The first-order chi connectivity index (χ1) is 10.2. The summed E-state index contributed by atoms with van der Waals surface area (Å²) >= 11 is 0. The van der Waals surface area contributed by atoms with Gasteiger partial charge in [-0.15, -0.1) is 0 Å². The Kier molecular flexibility index (Phi) is 3.52. The van der Waals surface area contributed by atoms with Gasteiger partial charge in [-0.25, -0.2) is 4.79 Å². The van der Waals surface area contributed by atoms with Gasteiger partial charge in [0.25, 0.3) is 5.56 Å². The molecule has 1 aromatic rings. The fourth-order valence-corrected chi connectivity index (χ4v) is 2.71. The van der Waals surface area contributed by atoms with Crippen LogP contribution < -0.4 is 11.2 Å². The predicted molar refractivity (Wildman–Crippen MR) is 75.5 cm³/mol. The van der Waals surface area contributed by atoms with E-state index in [1.54, 1.807) is 20.8 Å². The second-order valence-corrected chi connectivity index (χ2v) is 6.34. The molecule has 1 spiro atoms. The van der Waals surface area contributed by atoms with E-state index in [4.69, 9.17) is 14.2 Å². The lowest BCUT2D eigenvalue weighted by molar-refractivity contribution is -0.319. The summed E-state index contributed by atoms with van der Waals surface area (Å²) in [7, 11) is 0. The van der Waals surface area contributed by atoms with Crippen molar-refractivity contribution in [3.05, 3.63) is 32.6 Å². The molecule has 2 atom stereocenters. The van der Waals surface area contributed by atoms with Crippen molar-refractivity contribution in [3.8, 4) is 0 Å². The van der Waals surface area contributed by atoms with E-state index in [2.05, 4.69) is 4.98 Å². The van der Waals surface area contributed by atoms with Gasteiger partial charge in [-0.05, 0) is 20.8 Å². The van der Waals surface area contributed by atoms with E-state index in [9.17, 15) is 14.7 Å². The van der Waals surface area contributed by atoms with Crippen molar-refractivity contribution in [2.45, 2.75) is 50.9 Å². The number of nitrogens with one attached hydrogen (secondary N) is 1. The molecule has 2 fully saturated rings. The second kappa shape index (κ2) is 5.02. The Bertz CT molecular complexity index is 681. The molecule has 1 aromatic heterocycles. The van der Waals surface area contributed by atoms with E-state index >= 15 is 0 Å². The van der Waals surface area contributed by atoms with Crippen molar-refractivity contribution in [2.75, 3.05) is 13.2 Å². The van der Waals surface area contributed by atoms with Gasteiger partial charge in [-0.1, -0.05) is 0 Å². The van der Waals surface area contributed by atoms with Crippen molar-refractivity contribution < 1.29 is 19.3 Å². The number of H-pyrrole nitrogens is 1. The summed E-state index contributed by atoms with van der Waals surface area (Å²) in [4.78, 5) is 25.6. The molecule has 3 heterocycles. The van der Waals surface area contributed by atoms with Gasteiger partial charge in [0.15, 0.2) is 5.79 Å². The second-order valence-electron chi connectivity index (χ2n) is 6.34. The van der Waals surface area contributed by atoms with Crippen LogP contribution in [0.3, 0.4) is 0 Å². The third-order valence-electron chi connectivity index (χ3n) is 4.19. The minimum Gasteiger partial charge on any atom is -0.390 e. The maximum absolute atomic E-state index is 11.9. The molecule has 0 saturated carbocycles. The zero-order valence-corrected chi connectivity index (χ0v) is 12.8. The molecule has 8 nitrogen and oxygen atoms in total. The van der Waals surface area contributed by atoms with Crippen LogP contribution in [0.25, 0.3) is 0 Å². The van der Waals surface area contributed by atoms with Crippen LogP contribution in [-0.4, -0.2) is 45.4 Å². The standard InChI is InChI=1S/C14H20N2O6/c1-8-5-16(12(19)15-11(8)18)10-4-9(17)14(22-10)6-20-13(2,3)21-7-14/h5,9-10,17H,4,6-7H2,1-3H3,(H,15,18,19)/t9-,10-/m1/s1. The molecule has 3 rings (SSSR count). The van der Waals surface area contributed by atoms with Crippen molar-refractivity contribution in [1.29, 1.82) is 0 Å². The molecule has 0 amide bonds. The summed E-state index contributed by atoms with van der Waals surface area (Å²) in [6.07, 6.45) is 0.157. The van der Waals surface area contributed by atoms with Gasteiger partial charge < -0.3 is 19.3 Å². The van der Waals surface area contributed by atoms with Gasteiger partial charge in [0.05, 0.1) is 19.3 Å². The molecule has 0 aliphatic carbocycles. The summed E-state index contributed by atoms with van der Waals surface area (Å²) in [6.45, 7) is 5.53. The van der Waals surface area contributed by atoms with Gasteiger partial charge in [-0.3, -0.25) is 14.3 Å². The van der Waals surface area contributed by atoms with Crippen molar-refractivity contribution in [2.24, 2.45) is 0 Å². The van der Waals surface area contributed by atoms with Gasteiger partial charge in [-0.2, -0.15) is 0 Å². The molecule has 2 saturated heterocycles. The largest absolute Gasteiger partial charge is 0.390 e. The molecule has 22 heavy (non-hydrogen) atoms. The molecule has 8 heteroatoms. The summed E-state index contributed by atoms with van der Waals surface area (Å²) in [6, 6.07) is 0. The maximum atomic E-state index is 11.9. The topological polar surface area (TPSA) is 103 Å². The Morgan fingerprint density at radius 3 is 2.59 bits per heavy atom. The van der Waals surface area contributed by atoms with E-state index in [0.717, 1.165) is 0 Å². The number of hydrogen-bond acceptors (Lipinski definition) is 6. The zero-order valence-electron chi connectivity index (χ0n) is 12.8. The fourth-order valence-electron chi connectivity index (χ4n) is 2.71. The molecule has 0 unspecified atom stereocenters. The Hall–Kier alpha value is -1.48. The third-order valence-corrected chi connectivity index (χ3v) is 4.19. The molecule has 2 N–H and O–H groups in total. The number of aliphatic hydroxyl groups is 1. The van der Waals surface area contributed by atoms with Crippen LogP contribution in [-0.2, 0) is 14.2 Å². The smallest absolute Gasteiger partial charge is 0.330 e. The average Bonchev–Trinajstić information content (AvgIpc) is 2.75. The quantitative estimate of drug-likeness (QED) is 0.734. The molecule has 0 radical (unpaired) electrons. The van der Waals surface area contributed by atoms with Crippen molar-refractivity contribution in [3.63, 3.8) is 0 Å². The van der Waals surface area contributed by atoms with Crippen molar-refractivity contribution >= 4 is 0 Å². The molecule has 2 aliphatic rings. The molecular formula is C14H20N2O6. The lowest BCUT2D eigenvalue weighted by Gasteiger charge is -2.42. The first-order valence-electron chi connectivity index (χ1n) is 7.18. The van der Waals surface area contributed by atoms with Crippen LogP contribution >= 0.6 is 0 Å². The lowest BCUT2D eigenvalue weighted by atomic mass is 9.97. The van der Waals surface area contributed by atoms with Crippen molar-refractivity contribution in [1.82, 2.24) is 9.55 Å². The van der Waals surface area contributed by atoms with Crippen LogP contribution in [0, 0.1) is 6.92 Å². The summed E-state index contributed by atoms with van der Waals surface area (Å²) in [5.41, 5.74) is -1.59. The predicted octanol–water partition coefficient (Wildman–Crippen LogP) is -0.353. The Morgan fingerprint density at radius 2 is 1.95 bits per heavy atom. The highest BCUT2D eigenvalue weighted by molar-refractivity contribution is 5.04. The molecule has 122 valence electrons. The van der Waals surface area contributed by atoms with Crippen LogP contribution in [0.1, 0.15) is 32.1 Å². The summed E-state index contributed by atoms with van der Waals surface area (Å²) in [5, 5.41) is 10.3. The minimum atomic E-state index is -0.996. The van der Waals surface area contributed by atoms with E-state index in [1.165, 1.54) is 10.8 Å². The van der Waals surface area contributed by atoms with Crippen LogP contribution in [0.4, 0.5) is 0 Å². The fraction of sp³-hybridized carbons (Fsp3) is 0.714. The van der Waals surface area contributed by atoms with E-state index in [1.807, 2.05) is 0 Å². The Labute approximate surface area is 126 Å². The molecular weight excluding hydrogens is 292 g/mol. The summed E-state index contributed by atoms with van der Waals surface area (Å²) in [5.74, 6) is -0.724. The maximum Gasteiger partial charge on any atom is 0.330 e. The highest BCUT2D eigenvalue weighted by Gasteiger charge is 2.53. The zero-order chi connectivity index (χ0) is 16.1. The van der Waals surface area contributed by atoms with E-state index in [-0.39, 0.29) is 19.6 Å². The monoisotopic (exact) mass is 312 g/mol. The van der Waals surface area contributed by atoms with Gasteiger partial charge in [0, 0.05) is 18.2 Å². The SMILES string of the molecule is Cc1cn([C@H]2C[C@@H](O)C3(COC(C)(C)OC3)O2)c(=O)[nH]c1=O. The number of hydrogen-bond donors (Lipinski definition) is 2. The Morgan fingerprint density at radius 1 is 1.32 bits per heavy atom. The first kappa shape index (κ1) is 15.4. The number of aromatic nitrogens is 2. The third kappa shape index (κ3) is 2.52. The van der Waals surface area contributed by atoms with E-state index < -0.39 is 35.0 Å². The molecule has 2 aliphatic heterocycles. The number of aromatic amines is 1. The van der Waals surface area contributed by atoms with E-state index in [0.29, 0.717) is 5.56 Å². The highest BCUT2D eigenvalue weighted by Crippen LogP contribution is 2.40. The lowest BCUT2D eigenvalue weighted by Crippen LogP contribution is -2.56. The van der Waals surface area contributed by atoms with Crippen LogP contribution in [0.2, 0.25) is 0 Å². The number of aryl methyl sites for hydroxylation is 1. The minimum absolute atomic E-state index is 0.175. The first-order valence-corrected chi connectivity index (χ1v) is 7.18. The summed E-state index contributed by atoms with van der Waals surface area (Å²) < 4.78 is 18.3. The van der Waals surface area contributed by atoms with Gasteiger partial charge in [0.2, 0.25) is 0 Å². The normalized spacial score (nSPS) is 29.8. The molecule has 0 aromatic carbocycles. The van der Waals surface area contributed by atoms with Gasteiger partial charge >= 0.3 is 5.69 Å². The van der Waals surface area contributed by atoms with Crippen LogP contribution in [0.5, 0.6) is 0 Å². The number of rotatable bonds is 1. The Balaban J connectivity index is 1.87. The highest BCUT2D eigenvalue weighted by atomic mass is 16.7. The number of aliphatic hydroxyl groups excluding tert-OH is 1. The average molecular weight is 312 g/mol. The number of ether oxygens (including phenoxy) is 3. The number of nitrogens with zero attached hydrogens (tertiary/aromatic N) is 1. The van der Waals surface area contributed by atoms with Gasteiger partial charge in [0.1, 0.15) is 11.8 Å². The molecule has 0 bridgehead atoms. The van der Waals surface area contributed by atoms with Crippen LogP contribution in [0.15, 0.2) is 15.8 Å².